The maximum absolute atomic E-state index is 12.0. The normalized spacial score (nSPS) is 51.7. The summed E-state index contributed by atoms with van der Waals surface area (Å²) in [5.41, 5.74) is 2.52. The first kappa shape index (κ1) is 67.1. The lowest BCUT2D eigenvalue weighted by atomic mass is 9.47. The van der Waals surface area contributed by atoms with Gasteiger partial charge in [-0.05, 0) is 105 Å². The first-order valence-corrected chi connectivity index (χ1v) is 30.7. The quantitative estimate of drug-likeness (QED) is 0.0508. The van der Waals surface area contributed by atoms with E-state index in [4.69, 9.17) is 52.1 Å². The van der Waals surface area contributed by atoms with Crippen LogP contribution < -0.4 is 0 Å². The van der Waals surface area contributed by atoms with E-state index in [9.17, 15) is 86.8 Å². The summed E-state index contributed by atoms with van der Waals surface area (Å²) < 4.78 is 65.8. The number of rotatable bonds is 20. The molecule has 0 spiro atoms. The molecule has 6 heterocycles. The maximum Gasteiger partial charge on any atom is 0.187 e. The molecule has 494 valence electrons. The van der Waals surface area contributed by atoms with Gasteiger partial charge in [0.2, 0.25) is 0 Å². The Morgan fingerprint density at radius 1 is 0.523 bits per heavy atom. The fourth-order valence-electron chi connectivity index (χ4n) is 16.3. The van der Waals surface area contributed by atoms with Gasteiger partial charge in [0.1, 0.15) is 128 Å². The zero-order valence-electron chi connectivity index (χ0n) is 49.0. The Morgan fingerprint density at radius 2 is 1.01 bits per heavy atom. The summed E-state index contributed by atoms with van der Waals surface area (Å²) in [5, 5.41) is 180. The fraction of sp³-hybridized carbons (Fsp3) is 0.931. The third kappa shape index (κ3) is 12.5. The van der Waals surface area contributed by atoms with Crippen molar-refractivity contribution in [1.82, 2.24) is 0 Å². The van der Waals surface area contributed by atoms with Crippen molar-refractivity contribution in [3.05, 3.63) is 23.0 Å². The van der Waals surface area contributed by atoms with Crippen molar-refractivity contribution in [2.24, 2.45) is 40.4 Å². The van der Waals surface area contributed by atoms with Gasteiger partial charge in [-0.15, -0.1) is 0 Å². The van der Waals surface area contributed by atoms with E-state index in [1.165, 1.54) is 11.1 Å². The summed E-state index contributed by atoms with van der Waals surface area (Å²) in [7, 11) is 0. The Hall–Kier alpha value is -1.80. The highest BCUT2D eigenvalue weighted by Gasteiger charge is 2.64. The zero-order valence-corrected chi connectivity index (χ0v) is 49.0. The average molecular weight is 1240 g/mol. The highest BCUT2D eigenvalue weighted by molar-refractivity contribution is 5.30. The number of aliphatic hydroxyl groups is 17. The van der Waals surface area contributed by atoms with E-state index in [0.717, 1.165) is 50.7 Å². The monoisotopic (exact) mass is 1240 g/mol. The Morgan fingerprint density at radius 3 is 1.59 bits per heavy atom. The van der Waals surface area contributed by atoms with Crippen LogP contribution in [0.5, 0.6) is 0 Å². The highest BCUT2D eigenvalue weighted by Crippen LogP contribution is 2.69. The van der Waals surface area contributed by atoms with Crippen LogP contribution in [0.3, 0.4) is 0 Å². The SMILES string of the molecule is CC1=C(CC[C@H](C)CCO[C@@H]2O[C@H](CO)[C@@H](O)[C@H](O)[C@H]2O)O[C@H]2C[C@H]3[C@@H]4CC=C5C[C@@H](O[C@@H]6O[C@H](CO)[C@H](O[C@@H]7O[C@H](CO)[C@@H](O[C@@H]8O[C@H](CO)[C@@H](O)[C@H](O)[C@H]8O)[C@H](O)[C@H]7O[C@@H]7O[C@H](CO)[C@@H](O)[C@H](O)[C@H]7O)[C@H](O)[C@H]6O)CC[C@]5(C)[C@H]4CC[C@]3(C)[C@@H]12. The lowest BCUT2D eigenvalue weighted by Crippen LogP contribution is -2.68. The second kappa shape index (κ2) is 27.4. The Balaban J connectivity index is 0.761. The molecule has 34 atom stereocenters. The Bertz CT molecular complexity index is 2290. The van der Waals surface area contributed by atoms with Gasteiger partial charge in [0.15, 0.2) is 31.5 Å². The molecule has 3 saturated carbocycles. The third-order valence-corrected chi connectivity index (χ3v) is 21.4. The van der Waals surface area contributed by atoms with Crippen LogP contribution in [0.15, 0.2) is 23.0 Å². The number of hydrogen-bond acceptors (Lipinski definition) is 28. The number of allylic oxidation sites excluding steroid dienone is 2. The topological polar surface area (TPSA) is 445 Å². The van der Waals surface area contributed by atoms with Gasteiger partial charge in [-0.2, -0.15) is 0 Å². The molecule has 10 rings (SSSR count). The summed E-state index contributed by atoms with van der Waals surface area (Å²) in [6, 6.07) is 0. The largest absolute Gasteiger partial charge is 0.494 e. The molecule has 17 N–H and O–H groups in total. The van der Waals surface area contributed by atoms with Crippen LogP contribution in [-0.4, -0.2) is 292 Å². The van der Waals surface area contributed by atoms with Crippen LogP contribution in [0.2, 0.25) is 0 Å². The van der Waals surface area contributed by atoms with Crippen molar-refractivity contribution < 1.29 is 139 Å². The lowest BCUT2D eigenvalue weighted by molar-refractivity contribution is -0.403. The molecule has 5 saturated heterocycles. The van der Waals surface area contributed by atoms with Gasteiger partial charge in [-0.25, -0.2) is 0 Å². The standard InChI is InChI=1S/C58H94O28/c1-22(11-14-76-52-44(71)40(67)37(64)31(17-59)79-52)5-8-29-23(2)36-30(78-29)16-28-26-7-6-24-15-25(9-12-57(24,3)27(26)10-13-58(28,36)4)77-53-47(74)43(70)49(34(20-62)82-53)85-56-51(86-55-46(73)42(69)39(66)33(19-61)81-55)48(75)50(35(21-63)83-56)84-54-45(72)41(68)38(65)32(18-60)80-54/h6,22,25-28,30-56,59-75H,5,7-21H2,1-4H3/t22-,25-,26+,27-,28-,30-,31+,32+,33+,34+,35+,36-,37+,38+,39+,40-,41-,42-,43+,44+,45+,46+,47+,48-,49-,50+,51+,52+,53+,54-,55-,56-,57-,58-/m0/s1. The summed E-state index contributed by atoms with van der Waals surface area (Å²) in [6.07, 6.45) is -32.3. The molecular formula is C58H94O28. The second-order valence-electron chi connectivity index (χ2n) is 26.4. The van der Waals surface area contributed by atoms with E-state index in [1.54, 1.807) is 0 Å². The summed E-state index contributed by atoms with van der Waals surface area (Å²) >= 11 is 0. The lowest BCUT2D eigenvalue weighted by Gasteiger charge is -2.58. The summed E-state index contributed by atoms with van der Waals surface area (Å²) in [6.45, 7) is 5.43. The van der Waals surface area contributed by atoms with E-state index in [0.29, 0.717) is 42.9 Å². The first-order chi connectivity index (χ1) is 40.9. The Labute approximate surface area is 498 Å². The third-order valence-electron chi connectivity index (χ3n) is 21.4. The predicted molar refractivity (Wildman–Crippen MR) is 287 cm³/mol. The van der Waals surface area contributed by atoms with Crippen LogP contribution in [-0.2, 0) is 52.1 Å². The van der Waals surface area contributed by atoms with Crippen LogP contribution >= 0.6 is 0 Å². The number of fused-ring (bicyclic) bond motifs is 7. The van der Waals surface area contributed by atoms with E-state index in [1.807, 2.05) is 0 Å². The fourth-order valence-corrected chi connectivity index (χ4v) is 16.3. The van der Waals surface area contributed by atoms with Crippen molar-refractivity contribution >= 4 is 0 Å². The van der Waals surface area contributed by atoms with Crippen molar-refractivity contribution in [3.8, 4) is 0 Å². The smallest absolute Gasteiger partial charge is 0.187 e. The highest BCUT2D eigenvalue weighted by atomic mass is 16.8. The minimum Gasteiger partial charge on any atom is -0.494 e. The minimum atomic E-state index is -2.08. The summed E-state index contributed by atoms with van der Waals surface area (Å²) in [4.78, 5) is 0. The molecule has 0 unspecified atom stereocenters. The molecule has 4 aliphatic carbocycles. The molecule has 0 amide bonds. The van der Waals surface area contributed by atoms with Crippen molar-refractivity contribution in [3.63, 3.8) is 0 Å². The van der Waals surface area contributed by atoms with Gasteiger partial charge >= 0.3 is 0 Å². The van der Waals surface area contributed by atoms with E-state index in [-0.39, 0.29) is 29.5 Å². The van der Waals surface area contributed by atoms with Gasteiger partial charge in [0, 0.05) is 12.3 Å². The number of aliphatic hydroxyl groups excluding tert-OH is 17. The van der Waals surface area contributed by atoms with Crippen LogP contribution in [0.1, 0.15) is 91.9 Å². The molecule has 28 heteroatoms. The molecule has 0 bridgehead atoms. The number of hydrogen-bond donors (Lipinski definition) is 17. The molecular weight excluding hydrogens is 1140 g/mol. The molecule has 0 aromatic rings. The molecule has 0 radical (unpaired) electrons. The maximum atomic E-state index is 12.0. The predicted octanol–water partition coefficient (Wildman–Crippen LogP) is -4.87. The number of ether oxygens (including phenoxy) is 11. The van der Waals surface area contributed by atoms with E-state index in [2.05, 4.69) is 33.8 Å². The van der Waals surface area contributed by atoms with Gasteiger partial charge < -0.3 is 139 Å². The molecule has 8 fully saturated rings. The molecule has 86 heavy (non-hydrogen) atoms. The van der Waals surface area contributed by atoms with Gasteiger partial charge in [0.05, 0.1) is 51.5 Å². The van der Waals surface area contributed by atoms with E-state index < -0.39 is 193 Å². The Kier molecular flexibility index (Phi) is 21.4. The molecule has 28 nitrogen and oxygen atoms in total. The van der Waals surface area contributed by atoms with Gasteiger partial charge in [-0.3, -0.25) is 0 Å². The summed E-state index contributed by atoms with van der Waals surface area (Å²) in [5.74, 6) is 2.93. The zero-order chi connectivity index (χ0) is 62.0. The van der Waals surface area contributed by atoms with E-state index >= 15 is 0 Å². The molecule has 0 aromatic carbocycles. The molecule has 6 aliphatic heterocycles. The van der Waals surface area contributed by atoms with Crippen LogP contribution in [0.4, 0.5) is 0 Å². The first-order valence-electron chi connectivity index (χ1n) is 30.7. The van der Waals surface area contributed by atoms with Crippen LogP contribution in [0, 0.1) is 40.4 Å². The van der Waals surface area contributed by atoms with Crippen molar-refractivity contribution in [1.29, 1.82) is 0 Å². The van der Waals surface area contributed by atoms with Gasteiger partial charge in [-0.1, -0.05) is 32.4 Å². The van der Waals surface area contributed by atoms with Crippen molar-refractivity contribution in [2.45, 2.75) is 258 Å². The van der Waals surface area contributed by atoms with Crippen LogP contribution in [0.25, 0.3) is 0 Å². The minimum absolute atomic E-state index is 0.0560. The average Bonchev–Trinajstić information content (AvgIpc) is 1.51. The van der Waals surface area contributed by atoms with Crippen molar-refractivity contribution in [2.75, 3.05) is 39.6 Å². The second-order valence-corrected chi connectivity index (χ2v) is 26.4. The van der Waals surface area contributed by atoms with Gasteiger partial charge in [0.25, 0.3) is 0 Å². The molecule has 0 aromatic heterocycles. The molecule has 10 aliphatic rings.